The normalized spacial score (nSPS) is 21.3. The first-order valence-electron chi connectivity index (χ1n) is 6.84. The summed E-state index contributed by atoms with van der Waals surface area (Å²) in [5.74, 6) is 0.350. The molecule has 2 aliphatic carbocycles. The molecule has 0 aromatic carbocycles. The number of carbonyl (C=O) groups excluding carboxylic acids is 1. The molecular formula is C13H24N2O. The summed E-state index contributed by atoms with van der Waals surface area (Å²) < 4.78 is 0. The van der Waals surface area contributed by atoms with Crippen molar-refractivity contribution in [3.63, 3.8) is 0 Å². The van der Waals surface area contributed by atoms with E-state index in [1.54, 1.807) is 0 Å². The Kier molecular flexibility index (Phi) is 4.22. The fourth-order valence-corrected chi connectivity index (χ4v) is 2.67. The fourth-order valence-electron chi connectivity index (χ4n) is 2.67. The van der Waals surface area contributed by atoms with Gasteiger partial charge in [-0.1, -0.05) is 12.8 Å². The fraction of sp³-hybridized carbons (Fsp3) is 0.923. The van der Waals surface area contributed by atoms with E-state index in [0.717, 1.165) is 13.1 Å². The maximum atomic E-state index is 12.0. The van der Waals surface area contributed by atoms with Crippen molar-refractivity contribution in [2.24, 2.45) is 0 Å². The molecule has 0 bridgehead atoms. The first kappa shape index (κ1) is 11.9. The molecule has 2 saturated carbocycles. The zero-order valence-electron chi connectivity index (χ0n) is 10.4. The zero-order chi connectivity index (χ0) is 11.4. The van der Waals surface area contributed by atoms with E-state index in [9.17, 15) is 4.79 Å². The van der Waals surface area contributed by atoms with Gasteiger partial charge < -0.3 is 10.2 Å². The van der Waals surface area contributed by atoms with Gasteiger partial charge in [0, 0.05) is 31.6 Å². The third-order valence-corrected chi connectivity index (χ3v) is 3.78. The minimum atomic E-state index is 0.350. The van der Waals surface area contributed by atoms with E-state index < -0.39 is 0 Å². The summed E-state index contributed by atoms with van der Waals surface area (Å²) in [5, 5.41) is 3.41. The van der Waals surface area contributed by atoms with Gasteiger partial charge in [0.15, 0.2) is 0 Å². The van der Waals surface area contributed by atoms with Crippen LogP contribution in [0.5, 0.6) is 0 Å². The van der Waals surface area contributed by atoms with Gasteiger partial charge in [-0.15, -0.1) is 0 Å². The summed E-state index contributed by atoms with van der Waals surface area (Å²) in [6, 6.07) is 1.26. The molecule has 0 aromatic rings. The van der Waals surface area contributed by atoms with Crippen LogP contribution in [0.3, 0.4) is 0 Å². The van der Waals surface area contributed by atoms with Crippen molar-refractivity contribution in [2.75, 3.05) is 13.1 Å². The van der Waals surface area contributed by atoms with Gasteiger partial charge >= 0.3 is 0 Å². The molecular weight excluding hydrogens is 200 g/mol. The summed E-state index contributed by atoms with van der Waals surface area (Å²) >= 11 is 0. The Bertz CT molecular complexity index is 232. The Morgan fingerprint density at radius 2 is 1.94 bits per heavy atom. The van der Waals surface area contributed by atoms with Gasteiger partial charge in [0.1, 0.15) is 0 Å². The molecule has 3 nitrogen and oxygen atoms in total. The highest BCUT2D eigenvalue weighted by Gasteiger charge is 2.25. The predicted octanol–water partition coefficient (Wildman–Crippen LogP) is 1.92. The molecule has 16 heavy (non-hydrogen) atoms. The molecule has 2 aliphatic rings. The average Bonchev–Trinajstić information content (AvgIpc) is 2.94. The monoisotopic (exact) mass is 224 g/mol. The molecule has 2 rings (SSSR count). The zero-order valence-corrected chi connectivity index (χ0v) is 10.4. The Labute approximate surface area is 98.6 Å². The van der Waals surface area contributed by atoms with Crippen LogP contribution in [0.2, 0.25) is 0 Å². The second kappa shape index (κ2) is 5.67. The molecule has 0 aromatic heterocycles. The highest BCUT2D eigenvalue weighted by molar-refractivity contribution is 5.76. The number of rotatable bonds is 6. The predicted molar refractivity (Wildman–Crippen MR) is 65.3 cm³/mol. The third-order valence-electron chi connectivity index (χ3n) is 3.78. The van der Waals surface area contributed by atoms with Crippen LogP contribution in [0, 0.1) is 0 Å². The number of amides is 1. The molecule has 0 atom stereocenters. The number of nitrogens with one attached hydrogen (secondary N) is 1. The second-order valence-corrected chi connectivity index (χ2v) is 5.10. The second-order valence-electron chi connectivity index (χ2n) is 5.10. The van der Waals surface area contributed by atoms with Crippen molar-refractivity contribution in [3.05, 3.63) is 0 Å². The van der Waals surface area contributed by atoms with Gasteiger partial charge in [-0.05, 0) is 32.6 Å². The van der Waals surface area contributed by atoms with E-state index in [1.165, 1.54) is 38.5 Å². The molecule has 0 aliphatic heterocycles. The van der Waals surface area contributed by atoms with Crippen LogP contribution in [0.15, 0.2) is 0 Å². The molecule has 2 fully saturated rings. The lowest BCUT2D eigenvalue weighted by atomic mass is 10.2. The van der Waals surface area contributed by atoms with E-state index >= 15 is 0 Å². The van der Waals surface area contributed by atoms with E-state index in [4.69, 9.17) is 0 Å². The van der Waals surface area contributed by atoms with E-state index in [-0.39, 0.29) is 0 Å². The lowest BCUT2D eigenvalue weighted by molar-refractivity contribution is -0.133. The third kappa shape index (κ3) is 3.21. The average molecular weight is 224 g/mol. The van der Waals surface area contributed by atoms with Crippen molar-refractivity contribution >= 4 is 5.91 Å². The molecule has 0 unspecified atom stereocenters. The van der Waals surface area contributed by atoms with Crippen LogP contribution in [0.4, 0.5) is 0 Å². The first-order valence-corrected chi connectivity index (χ1v) is 6.84. The van der Waals surface area contributed by atoms with Crippen molar-refractivity contribution in [2.45, 2.75) is 64.0 Å². The smallest absolute Gasteiger partial charge is 0.224 e. The summed E-state index contributed by atoms with van der Waals surface area (Å²) in [6.45, 7) is 3.85. The number of carbonyl (C=O) groups is 1. The van der Waals surface area contributed by atoms with Crippen LogP contribution < -0.4 is 5.32 Å². The lowest BCUT2D eigenvalue weighted by Gasteiger charge is -2.27. The maximum absolute atomic E-state index is 12.0. The van der Waals surface area contributed by atoms with Crippen LogP contribution in [0.1, 0.15) is 51.9 Å². The van der Waals surface area contributed by atoms with Gasteiger partial charge in [0.25, 0.3) is 0 Å². The summed E-state index contributed by atoms with van der Waals surface area (Å²) in [6.07, 6.45) is 8.32. The van der Waals surface area contributed by atoms with Crippen LogP contribution in [-0.4, -0.2) is 36.0 Å². The van der Waals surface area contributed by atoms with E-state index in [0.29, 0.717) is 24.4 Å². The summed E-state index contributed by atoms with van der Waals surface area (Å²) in [7, 11) is 0. The van der Waals surface area contributed by atoms with Crippen molar-refractivity contribution in [1.82, 2.24) is 10.2 Å². The SMILES string of the molecule is CCN(C(=O)CCNC1CC1)C1CCCC1. The number of hydrogen-bond donors (Lipinski definition) is 1. The number of hydrogen-bond acceptors (Lipinski definition) is 2. The lowest BCUT2D eigenvalue weighted by Crippen LogP contribution is -2.40. The summed E-state index contributed by atoms with van der Waals surface area (Å²) in [5.41, 5.74) is 0. The quantitative estimate of drug-likeness (QED) is 0.747. The molecule has 92 valence electrons. The Morgan fingerprint density at radius 3 is 2.50 bits per heavy atom. The minimum absolute atomic E-state index is 0.350. The van der Waals surface area contributed by atoms with Gasteiger partial charge in [-0.2, -0.15) is 0 Å². The molecule has 0 spiro atoms. The standard InChI is InChI=1S/C13H24N2O/c1-2-15(12-5-3-4-6-12)13(16)9-10-14-11-7-8-11/h11-12,14H,2-10H2,1H3. The highest BCUT2D eigenvalue weighted by Crippen LogP contribution is 2.24. The highest BCUT2D eigenvalue weighted by atomic mass is 16.2. The number of nitrogens with zero attached hydrogens (tertiary/aromatic N) is 1. The van der Waals surface area contributed by atoms with Crippen LogP contribution >= 0.6 is 0 Å². The largest absolute Gasteiger partial charge is 0.340 e. The van der Waals surface area contributed by atoms with Crippen LogP contribution in [0.25, 0.3) is 0 Å². The van der Waals surface area contributed by atoms with Crippen LogP contribution in [-0.2, 0) is 4.79 Å². The Hall–Kier alpha value is -0.570. The van der Waals surface area contributed by atoms with Crippen molar-refractivity contribution < 1.29 is 4.79 Å². The van der Waals surface area contributed by atoms with Crippen molar-refractivity contribution in [3.8, 4) is 0 Å². The maximum Gasteiger partial charge on any atom is 0.224 e. The van der Waals surface area contributed by atoms with Gasteiger partial charge in [0.05, 0.1) is 0 Å². The molecule has 0 radical (unpaired) electrons. The van der Waals surface area contributed by atoms with Gasteiger partial charge in [-0.25, -0.2) is 0 Å². The molecule has 3 heteroatoms. The first-order chi connectivity index (χ1) is 7.81. The van der Waals surface area contributed by atoms with Gasteiger partial charge in [-0.3, -0.25) is 4.79 Å². The molecule has 1 amide bonds. The Balaban J connectivity index is 1.70. The topological polar surface area (TPSA) is 32.3 Å². The molecule has 0 heterocycles. The minimum Gasteiger partial charge on any atom is -0.340 e. The van der Waals surface area contributed by atoms with Crippen molar-refractivity contribution in [1.29, 1.82) is 0 Å². The van der Waals surface area contributed by atoms with E-state index in [2.05, 4.69) is 17.1 Å². The Morgan fingerprint density at radius 1 is 1.25 bits per heavy atom. The van der Waals surface area contributed by atoms with E-state index in [1.807, 2.05) is 0 Å². The molecule has 0 saturated heterocycles. The van der Waals surface area contributed by atoms with Gasteiger partial charge in [0.2, 0.25) is 5.91 Å². The molecule has 1 N–H and O–H groups in total. The summed E-state index contributed by atoms with van der Waals surface area (Å²) in [4.78, 5) is 14.1.